The molecule has 118 valence electrons. The predicted molar refractivity (Wildman–Crippen MR) is 79.8 cm³/mol. The summed E-state index contributed by atoms with van der Waals surface area (Å²) in [6.45, 7) is 1.57. The summed E-state index contributed by atoms with van der Waals surface area (Å²) < 4.78 is 12.7. The highest BCUT2D eigenvalue weighted by Crippen LogP contribution is 2.30. The summed E-state index contributed by atoms with van der Waals surface area (Å²) in [4.78, 5) is 27.7. The third-order valence-corrected chi connectivity index (χ3v) is 4.63. The minimum atomic E-state index is -1.00. The molecule has 22 heavy (non-hydrogen) atoms. The molecule has 3 rings (SSSR count). The Morgan fingerprint density at radius 2 is 2.05 bits per heavy atom. The van der Waals surface area contributed by atoms with Gasteiger partial charge in [-0.05, 0) is 12.0 Å². The number of amides is 2. The van der Waals surface area contributed by atoms with Crippen LogP contribution < -0.4 is 5.32 Å². The zero-order valence-electron chi connectivity index (χ0n) is 12.4. The smallest absolute Gasteiger partial charge is 0.254 e. The number of piperazine rings is 1. The Morgan fingerprint density at radius 1 is 1.27 bits per heavy atom. The topological polar surface area (TPSA) is 52.7 Å². The molecule has 1 aromatic rings. The van der Waals surface area contributed by atoms with Gasteiger partial charge in [-0.3, -0.25) is 14.5 Å². The molecule has 1 unspecified atom stereocenters. The number of hydrogen-bond acceptors (Lipinski definition) is 3. The third kappa shape index (κ3) is 2.59. The highest BCUT2D eigenvalue weighted by molar-refractivity contribution is 5.90. The van der Waals surface area contributed by atoms with E-state index in [-0.39, 0.29) is 12.5 Å². The summed E-state index contributed by atoms with van der Waals surface area (Å²) in [5, 5.41) is 2.86. The van der Waals surface area contributed by atoms with Crippen molar-refractivity contribution in [2.45, 2.75) is 18.5 Å². The van der Waals surface area contributed by atoms with E-state index in [0.29, 0.717) is 32.6 Å². The van der Waals surface area contributed by atoms with Crippen LogP contribution in [0, 0.1) is 0 Å². The van der Waals surface area contributed by atoms with E-state index >= 15 is 0 Å². The molecule has 2 saturated heterocycles. The summed E-state index contributed by atoms with van der Waals surface area (Å²) in [6, 6.07) is 9.96. The Morgan fingerprint density at radius 3 is 2.68 bits per heavy atom. The first-order valence-electron chi connectivity index (χ1n) is 7.57. The number of carbonyl (C=O) groups is 2. The SMILES string of the molecule is O=C(CF)N1CCN(Cc2ccccc2)C2(CCNC2=O)C1. The quantitative estimate of drug-likeness (QED) is 0.888. The Hall–Kier alpha value is -1.95. The number of halogens is 1. The van der Waals surface area contributed by atoms with Gasteiger partial charge in [-0.2, -0.15) is 0 Å². The lowest BCUT2D eigenvalue weighted by Crippen LogP contribution is -2.66. The molecular formula is C16H20FN3O2. The molecule has 2 aliphatic rings. The molecule has 0 aliphatic carbocycles. The second kappa shape index (κ2) is 6.04. The van der Waals surface area contributed by atoms with Gasteiger partial charge < -0.3 is 10.2 Å². The first-order valence-corrected chi connectivity index (χ1v) is 7.57. The first kappa shape index (κ1) is 15.0. The molecule has 2 aliphatic heterocycles. The lowest BCUT2D eigenvalue weighted by atomic mass is 9.91. The molecule has 1 aromatic carbocycles. The van der Waals surface area contributed by atoms with Crippen LogP contribution in [-0.2, 0) is 16.1 Å². The number of hydrogen-bond donors (Lipinski definition) is 1. The second-order valence-electron chi connectivity index (χ2n) is 5.89. The van der Waals surface area contributed by atoms with Crippen LogP contribution in [0.25, 0.3) is 0 Å². The lowest BCUT2D eigenvalue weighted by molar-refractivity contribution is -0.144. The third-order valence-electron chi connectivity index (χ3n) is 4.63. The maximum Gasteiger partial charge on any atom is 0.254 e. The molecular weight excluding hydrogens is 285 g/mol. The molecule has 5 nitrogen and oxygen atoms in total. The van der Waals surface area contributed by atoms with Crippen LogP contribution in [0.1, 0.15) is 12.0 Å². The molecule has 1 atom stereocenters. The van der Waals surface area contributed by atoms with Gasteiger partial charge in [0.25, 0.3) is 5.91 Å². The number of carbonyl (C=O) groups excluding carboxylic acids is 2. The van der Waals surface area contributed by atoms with Crippen LogP contribution in [0.15, 0.2) is 30.3 Å². The van der Waals surface area contributed by atoms with Crippen molar-refractivity contribution in [2.75, 3.05) is 32.9 Å². The van der Waals surface area contributed by atoms with Gasteiger partial charge in [0.15, 0.2) is 6.67 Å². The van der Waals surface area contributed by atoms with Crippen LogP contribution in [-0.4, -0.2) is 60.0 Å². The van der Waals surface area contributed by atoms with Gasteiger partial charge in [0.05, 0.1) is 0 Å². The van der Waals surface area contributed by atoms with Gasteiger partial charge in [0.2, 0.25) is 5.91 Å². The average Bonchev–Trinajstić information content (AvgIpc) is 2.91. The monoisotopic (exact) mass is 305 g/mol. The highest BCUT2D eigenvalue weighted by Gasteiger charge is 2.51. The largest absolute Gasteiger partial charge is 0.354 e. The molecule has 2 fully saturated rings. The van der Waals surface area contributed by atoms with E-state index < -0.39 is 18.1 Å². The van der Waals surface area contributed by atoms with Crippen molar-refractivity contribution >= 4 is 11.8 Å². The average molecular weight is 305 g/mol. The van der Waals surface area contributed by atoms with Crippen molar-refractivity contribution in [2.24, 2.45) is 0 Å². The number of nitrogens with zero attached hydrogens (tertiary/aromatic N) is 2. The van der Waals surface area contributed by atoms with Crippen LogP contribution in [0.5, 0.6) is 0 Å². The molecule has 2 heterocycles. The summed E-state index contributed by atoms with van der Waals surface area (Å²) in [5.41, 5.74) is 0.408. The lowest BCUT2D eigenvalue weighted by Gasteiger charge is -2.47. The Kier molecular flexibility index (Phi) is 4.11. The van der Waals surface area contributed by atoms with Crippen molar-refractivity contribution < 1.29 is 14.0 Å². The van der Waals surface area contributed by atoms with Crippen LogP contribution in [0.3, 0.4) is 0 Å². The fourth-order valence-electron chi connectivity index (χ4n) is 3.40. The molecule has 1 N–H and O–H groups in total. The van der Waals surface area contributed by atoms with E-state index in [1.165, 1.54) is 4.90 Å². The van der Waals surface area contributed by atoms with Gasteiger partial charge in [0, 0.05) is 32.7 Å². The van der Waals surface area contributed by atoms with E-state index in [1.807, 2.05) is 30.3 Å². The van der Waals surface area contributed by atoms with Gasteiger partial charge in [-0.25, -0.2) is 4.39 Å². The Labute approximate surface area is 129 Å². The molecule has 0 saturated carbocycles. The zero-order chi connectivity index (χ0) is 15.6. The molecule has 0 bridgehead atoms. The highest BCUT2D eigenvalue weighted by atomic mass is 19.1. The number of benzene rings is 1. The minimum Gasteiger partial charge on any atom is -0.354 e. The van der Waals surface area contributed by atoms with E-state index in [2.05, 4.69) is 10.2 Å². The van der Waals surface area contributed by atoms with Crippen molar-refractivity contribution in [3.8, 4) is 0 Å². The summed E-state index contributed by atoms with van der Waals surface area (Å²) >= 11 is 0. The van der Waals surface area contributed by atoms with E-state index in [9.17, 15) is 14.0 Å². The van der Waals surface area contributed by atoms with E-state index in [0.717, 1.165) is 5.56 Å². The van der Waals surface area contributed by atoms with Gasteiger partial charge in [-0.15, -0.1) is 0 Å². The normalized spacial score (nSPS) is 25.5. The zero-order valence-corrected chi connectivity index (χ0v) is 12.4. The van der Waals surface area contributed by atoms with Crippen LogP contribution in [0.4, 0.5) is 4.39 Å². The van der Waals surface area contributed by atoms with E-state index in [1.54, 1.807) is 0 Å². The molecule has 2 amide bonds. The standard InChI is InChI=1S/C16H20FN3O2/c17-10-14(21)19-8-9-20(11-13-4-2-1-3-5-13)16(12-19)6-7-18-15(16)22/h1-5H,6-12H2,(H,18,22). The predicted octanol–water partition coefficient (Wildman–Crippen LogP) is 0.559. The van der Waals surface area contributed by atoms with Crippen LogP contribution >= 0.6 is 0 Å². The van der Waals surface area contributed by atoms with Crippen molar-refractivity contribution in [1.29, 1.82) is 0 Å². The fourth-order valence-corrected chi connectivity index (χ4v) is 3.40. The summed E-state index contributed by atoms with van der Waals surface area (Å²) in [5.74, 6) is -0.585. The van der Waals surface area contributed by atoms with Crippen LogP contribution in [0.2, 0.25) is 0 Å². The van der Waals surface area contributed by atoms with Crippen molar-refractivity contribution in [1.82, 2.24) is 15.1 Å². The van der Waals surface area contributed by atoms with Crippen molar-refractivity contribution in [3.63, 3.8) is 0 Å². The second-order valence-corrected chi connectivity index (χ2v) is 5.89. The first-order chi connectivity index (χ1) is 10.7. The molecule has 0 aromatic heterocycles. The van der Waals surface area contributed by atoms with Gasteiger partial charge in [-0.1, -0.05) is 30.3 Å². The van der Waals surface area contributed by atoms with Crippen molar-refractivity contribution in [3.05, 3.63) is 35.9 Å². The minimum absolute atomic E-state index is 0.0558. The fraction of sp³-hybridized carbons (Fsp3) is 0.500. The number of alkyl halides is 1. The number of rotatable bonds is 3. The molecule has 6 heteroatoms. The number of nitrogens with one attached hydrogen (secondary N) is 1. The van der Waals surface area contributed by atoms with Gasteiger partial charge >= 0.3 is 0 Å². The molecule has 1 spiro atoms. The van der Waals surface area contributed by atoms with E-state index in [4.69, 9.17) is 0 Å². The summed E-state index contributed by atoms with van der Waals surface area (Å²) in [7, 11) is 0. The maximum absolute atomic E-state index is 12.7. The molecule has 0 radical (unpaired) electrons. The Bertz CT molecular complexity index is 566. The van der Waals surface area contributed by atoms with Gasteiger partial charge in [0.1, 0.15) is 5.54 Å². The Balaban J connectivity index is 1.83. The summed E-state index contributed by atoms with van der Waals surface area (Å²) in [6.07, 6.45) is 0.648. The maximum atomic E-state index is 12.7.